The molecular formula is C19H24N6O. The predicted octanol–water partition coefficient (Wildman–Crippen LogP) is 2.48. The summed E-state index contributed by atoms with van der Waals surface area (Å²) in [5, 5.41) is 3.35. The van der Waals surface area contributed by atoms with Crippen LogP contribution in [0.5, 0.6) is 0 Å². The fourth-order valence-electron chi connectivity index (χ4n) is 2.92. The topological polar surface area (TPSA) is 99.9 Å². The van der Waals surface area contributed by atoms with Crippen molar-refractivity contribution in [2.24, 2.45) is 5.73 Å². The van der Waals surface area contributed by atoms with Crippen molar-refractivity contribution in [3.63, 3.8) is 0 Å². The lowest BCUT2D eigenvalue weighted by Crippen LogP contribution is -2.28. The van der Waals surface area contributed by atoms with Gasteiger partial charge in [-0.1, -0.05) is 19.9 Å². The number of pyridine rings is 1. The number of benzene rings is 1. The lowest BCUT2D eigenvalue weighted by Gasteiger charge is -2.18. The number of hydrogen-bond donors (Lipinski definition) is 3. The van der Waals surface area contributed by atoms with E-state index in [2.05, 4.69) is 39.0 Å². The van der Waals surface area contributed by atoms with Gasteiger partial charge in [0.1, 0.15) is 17.2 Å². The van der Waals surface area contributed by atoms with E-state index >= 15 is 0 Å². The number of fused-ring (bicyclic) bond motifs is 1. The number of para-hydroxylation sites is 1. The summed E-state index contributed by atoms with van der Waals surface area (Å²) in [6, 6.07) is 9.18. The molecule has 7 nitrogen and oxygen atoms in total. The molecule has 0 unspecified atom stereocenters. The van der Waals surface area contributed by atoms with Crippen molar-refractivity contribution in [1.82, 2.24) is 19.9 Å². The minimum absolute atomic E-state index is 0.414. The van der Waals surface area contributed by atoms with E-state index in [1.807, 2.05) is 18.2 Å². The number of anilines is 1. The van der Waals surface area contributed by atoms with Gasteiger partial charge in [0, 0.05) is 24.8 Å². The first-order chi connectivity index (χ1) is 12.6. The molecule has 136 valence electrons. The van der Waals surface area contributed by atoms with Crippen LogP contribution in [0.25, 0.3) is 22.4 Å². The third-order valence-corrected chi connectivity index (χ3v) is 4.44. The fraction of sp³-hybridized carbons (Fsp3) is 0.316. The Labute approximate surface area is 152 Å². The largest absolute Gasteiger partial charge is 0.369 e. The first kappa shape index (κ1) is 17.9. The van der Waals surface area contributed by atoms with Crippen LogP contribution in [0.15, 0.2) is 36.5 Å². The molecule has 26 heavy (non-hydrogen) atoms. The van der Waals surface area contributed by atoms with Crippen molar-refractivity contribution in [2.75, 3.05) is 31.5 Å². The summed E-state index contributed by atoms with van der Waals surface area (Å²) in [6.45, 7) is 8.17. The monoisotopic (exact) mass is 352 g/mol. The summed E-state index contributed by atoms with van der Waals surface area (Å²) in [6.07, 6.45) is 1.75. The molecular weight excluding hydrogens is 328 g/mol. The Morgan fingerprint density at radius 3 is 2.81 bits per heavy atom. The van der Waals surface area contributed by atoms with Gasteiger partial charge in [-0.2, -0.15) is 0 Å². The number of likely N-dealkylation sites (N-methyl/N-ethyl adjacent to an activating group) is 1. The number of hydrogen-bond acceptors (Lipinski definition) is 5. The SMILES string of the molecule is CCN(CC)CCNc1cc(-c2nc3c(C(N)=O)cccc3[nH]2)ccn1. The second-order valence-electron chi connectivity index (χ2n) is 6.03. The van der Waals surface area contributed by atoms with Crippen molar-refractivity contribution in [3.8, 4) is 11.4 Å². The summed E-state index contributed by atoms with van der Waals surface area (Å²) in [4.78, 5) is 26.1. The molecule has 0 radical (unpaired) electrons. The summed E-state index contributed by atoms with van der Waals surface area (Å²) in [5.41, 5.74) is 8.12. The summed E-state index contributed by atoms with van der Waals surface area (Å²) in [7, 11) is 0. The number of nitrogens with two attached hydrogens (primary N) is 1. The van der Waals surface area contributed by atoms with Crippen LogP contribution in [0.1, 0.15) is 24.2 Å². The molecule has 1 aromatic carbocycles. The van der Waals surface area contributed by atoms with Crippen molar-refractivity contribution < 1.29 is 4.79 Å². The van der Waals surface area contributed by atoms with E-state index < -0.39 is 5.91 Å². The number of nitrogens with zero attached hydrogens (tertiary/aromatic N) is 3. The first-order valence-electron chi connectivity index (χ1n) is 8.83. The van der Waals surface area contributed by atoms with Crippen LogP contribution in [-0.2, 0) is 0 Å². The van der Waals surface area contributed by atoms with E-state index in [1.165, 1.54) is 0 Å². The number of aromatic nitrogens is 3. The molecule has 0 saturated heterocycles. The fourth-order valence-corrected chi connectivity index (χ4v) is 2.92. The molecule has 0 aliphatic carbocycles. The number of amides is 1. The second kappa shape index (κ2) is 7.97. The van der Waals surface area contributed by atoms with E-state index in [9.17, 15) is 4.79 Å². The zero-order valence-corrected chi connectivity index (χ0v) is 15.1. The van der Waals surface area contributed by atoms with Crippen molar-refractivity contribution in [1.29, 1.82) is 0 Å². The minimum atomic E-state index is -0.484. The lowest BCUT2D eigenvalue weighted by molar-refractivity contribution is 0.100. The summed E-state index contributed by atoms with van der Waals surface area (Å²) >= 11 is 0. The van der Waals surface area contributed by atoms with E-state index in [1.54, 1.807) is 18.3 Å². The Balaban J connectivity index is 1.81. The Hall–Kier alpha value is -2.93. The first-order valence-corrected chi connectivity index (χ1v) is 8.83. The molecule has 0 aliphatic heterocycles. The second-order valence-corrected chi connectivity index (χ2v) is 6.03. The van der Waals surface area contributed by atoms with Gasteiger partial charge in [-0.3, -0.25) is 4.79 Å². The number of primary amides is 1. The quantitative estimate of drug-likeness (QED) is 0.578. The van der Waals surface area contributed by atoms with Gasteiger partial charge in [-0.25, -0.2) is 9.97 Å². The third kappa shape index (κ3) is 3.83. The van der Waals surface area contributed by atoms with Crippen LogP contribution < -0.4 is 11.1 Å². The maximum absolute atomic E-state index is 11.6. The molecule has 0 saturated carbocycles. The predicted molar refractivity (Wildman–Crippen MR) is 104 cm³/mol. The molecule has 0 fully saturated rings. The highest BCUT2D eigenvalue weighted by molar-refractivity contribution is 6.04. The van der Waals surface area contributed by atoms with Gasteiger partial charge in [0.05, 0.1) is 11.1 Å². The Morgan fingerprint density at radius 2 is 2.08 bits per heavy atom. The third-order valence-electron chi connectivity index (χ3n) is 4.44. The van der Waals surface area contributed by atoms with E-state index in [0.29, 0.717) is 16.9 Å². The number of carbonyl (C=O) groups is 1. The Morgan fingerprint density at radius 1 is 1.27 bits per heavy atom. The molecule has 2 aromatic heterocycles. The number of rotatable bonds is 8. The average molecular weight is 352 g/mol. The number of nitrogens with one attached hydrogen (secondary N) is 2. The molecule has 7 heteroatoms. The molecule has 1 amide bonds. The molecule has 0 atom stereocenters. The van der Waals surface area contributed by atoms with Gasteiger partial charge in [-0.15, -0.1) is 0 Å². The van der Waals surface area contributed by atoms with E-state index in [4.69, 9.17) is 5.73 Å². The molecule has 0 spiro atoms. The van der Waals surface area contributed by atoms with Crippen molar-refractivity contribution in [3.05, 3.63) is 42.1 Å². The molecule has 2 heterocycles. The van der Waals surface area contributed by atoms with E-state index in [0.717, 1.165) is 43.1 Å². The Kier molecular flexibility index (Phi) is 5.48. The maximum Gasteiger partial charge on any atom is 0.250 e. The summed E-state index contributed by atoms with van der Waals surface area (Å²) in [5.74, 6) is 0.996. The molecule has 4 N–H and O–H groups in total. The normalized spacial score (nSPS) is 11.2. The molecule has 3 aromatic rings. The van der Waals surface area contributed by atoms with Crippen LogP contribution in [0.3, 0.4) is 0 Å². The summed E-state index contributed by atoms with van der Waals surface area (Å²) < 4.78 is 0. The highest BCUT2D eigenvalue weighted by Gasteiger charge is 2.12. The number of aromatic amines is 1. The standard InChI is InChI=1S/C19H24N6O/c1-3-25(4-2)11-10-22-16-12-13(8-9-21-16)19-23-15-7-5-6-14(18(20)26)17(15)24-19/h5-9,12H,3-4,10-11H2,1-2H3,(H2,20,26)(H,21,22)(H,23,24). The average Bonchev–Trinajstić information content (AvgIpc) is 3.09. The number of imidazole rings is 1. The van der Waals surface area contributed by atoms with Gasteiger partial charge in [0.25, 0.3) is 5.91 Å². The number of carbonyl (C=O) groups excluding carboxylic acids is 1. The van der Waals surface area contributed by atoms with E-state index in [-0.39, 0.29) is 0 Å². The van der Waals surface area contributed by atoms with Crippen molar-refractivity contribution in [2.45, 2.75) is 13.8 Å². The van der Waals surface area contributed by atoms with Crippen LogP contribution in [-0.4, -0.2) is 51.9 Å². The lowest BCUT2D eigenvalue weighted by atomic mass is 10.2. The van der Waals surface area contributed by atoms with Crippen LogP contribution >= 0.6 is 0 Å². The smallest absolute Gasteiger partial charge is 0.250 e. The maximum atomic E-state index is 11.6. The zero-order valence-electron chi connectivity index (χ0n) is 15.1. The molecule has 0 aliphatic rings. The van der Waals surface area contributed by atoms with Crippen molar-refractivity contribution >= 4 is 22.8 Å². The van der Waals surface area contributed by atoms with Gasteiger partial charge >= 0.3 is 0 Å². The molecule has 0 bridgehead atoms. The minimum Gasteiger partial charge on any atom is -0.369 e. The van der Waals surface area contributed by atoms with Crippen LogP contribution in [0.2, 0.25) is 0 Å². The van der Waals surface area contributed by atoms with Crippen LogP contribution in [0.4, 0.5) is 5.82 Å². The van der Waals surface area contributed by atoms with Gasteiger partial charge in [-0.05, 0) is 37.4 Å². The van der Waals surface area contributed by atoms with Gasteiger partial charge in [0.15, 0.2) is 0 Å². The number of H-pyrrole nitrogens is 1. The molecule has 3 rings (SSSR count). The highest BCUT2D eigenvalue weighted by atomic mass is 16.1. The van der Waals surface area contributed by atoms with Gasteiger partial charge < -0.3 is 20.9 Å². The van der Waals surface area contributed by atoms with Gasteiger partial charge in [0.2, 0.25) is 0 Å². The highest BCUT2D eigenvalue weighted by Crippen LogP contribution is 2.23. The van der Waals surface area contributed by atoms with Crippen LogP contribution in [0, 0.1) is 0 Å². The zero-order chi connectivity index (χ0) is 18.5. The Bertz CT molecular complexity index is 900.